The number of hydrogen-bond acceptors (Lipinski definition) is 5. The first-order valence-electron chi connectivity index (χ1n) is 9.25. The van der Waals surface area contributed by atoms with E-state index in [1.807, 2.05) is 61.7 Å². The van der Waals surface area contributed by atoms with Gasteiger partial charge in [0.1, 0.15) is 6.54 Å². The van der Waals surface area contributed by atoms with Gasteiger partial charge >= 0.3 is 0 Å². The van der Waals surface area contributed by atoms with Crippen molar-refractivity contribution in [3.05, 3.63) is 65.5 Å². The molecule has 0 saturated carbocycles. The molecule has 0 unspecified atom stereocenters. The number of thioether (sulfide) groups is 1. The number of carbonyl (C=O) groups excluding carboxylic acids is 2. The summed E-state index contributed by atoms with van der Waals surface area (Å²) in [6.07, 6.45) is 2.78. The monoisotopic (exact) mass is 409 g/mol. The summed E-state index contributed by atoms with van der Waals surface area (Å²) in [4.78, 5) is 26.1. The second-order valence-corrected chi connectivity index (χ2v) is 7.31. The number of aryl methyl sites for hydroxylation is 1. The Labute approximate surface area is 173 Å². The van der Waals surface area contributed by atoms with Gasteiger partial charge in [0.25, 0.3) is 5.91 Å². The standard InChI is InChI=1S/C21H23N5O2S/c1-4-15-8-5-6-11-18(15)23-21(28)20-14(2)26(25-24-20)13-19(27)22-16-9-7-10-17(12-16)29-3/h5-12H,4,13H2,1-3H3,(H,22,27)(H,23,28). The largest absolute Gasteiger partial charge is 0.324 e. The molecule has 2 N–H and O–H groups in total. The van der Waals surface area contributed by atoms with Crippen LogP contribution < -0.4 is 10.6 Å². The Kier molecular flexibility index (Phi) is 6.66. The number of anilines is 2. The molecule has 0 aliphatic heterocycles. The summed E-state index contributed by atoms with van der Waals surface area (Å²) in [5.41, 5.74) is 3.24. The Balaban J connectivity index is 1.68. The molecule has 3 rings (SSSR count). The zero-order chi connectivity index (χ0) is 20.8. The number of aromatic nitrogens is 3. The summed E-state index contributed by atoms with van der Waals surface area (Å²) in [7, 11) is 0. The fraction of sp³-hybridized carbons (Fsp3) is 0.238. The van der Waals surface area contributed by atoms with Crippen LogP contribution in [0, 0.1) is 6.92 Å². The molecular formula is C21H23N5O2S. The third-order valence-corrected chi connectivity index (χ3v) is 5.22. The average molecular weight is 410 g/mol. The van der Waals surface area contributed by atoms with Gasteiger partial charge in [-0.1, -0.05) is 36.4 Å². The molecule has 0 radical (unpaired) electrons. The van der Waals surface area contributed by atoms with E-state index in [9.17, 15) is 9.59 Å². The van der Waals surface area contributed by atoms with Crippen molar-refractivity contribution in [2.45, 2.75) is 31.7 Å². The molecule has 0 aliphatic carbocycles. The lowest BCUT2D eigenvalue weighted by Gasteiger charge is -2.09. The molecule has 0 aliphatic rings. The summed E-state index contributed by atoms with van der Waals surface area (Å²) >= 11 is 1.60. The maximum Gasteiger partial charge on any atom is 0.278 e. The molecule has 0 saturated heterocycles. The topological polar surface area (TPSA) is 88.9 Å². The first-order chi connectivity index (χ1) is 14.0. The van der Waals surface area contributed by atoms with Crippen LogP contribution >= 0.6 is 11.8 Å². The van der Waals surface area contributed by atoms with Crippen LogP contribution in [0.3, 0.4) is 0 Å². The van der Waals surface area contributed by atoms with Gasteiger partial charge in [0, 0.05) is 16.3 Å². The van der Waals surface area contributed by atoms with Gasteiger partial charge in [-0.15, -0.1) is 16.9 Å². The Morgan fingerprint density at radius 2 is 1.90 bits per heavy atom. The highest BCUT2D eigenvalue weighted by atomic mass is 32.2. The van der Waals surface area contributed by atoms with E-state index < -0.39 is 0 Å². The van der Waals surface area contributed by atoms with Crippen molar-refractivity contribution in [2.24, 2.45) is 0 Å². The summed E-state index contributed by atoms with van der Waals surface area (Å²) < 4.78 is 1.42. The fourth-order valence-corrected chi connectivity index (χ4v) is 3.35. The van der Waals surface area contributed by atoms with Gasteiger partial charge in [-0.3, -0.25) is 9.59 Å². The SMILES string of the molecule is CCc1ccccc1NC(=O)c1nnn(CC(=O)Nc2cccc(SC)c2)c1C. The zero-order valence-corrected chi connectivity index (χ0v) is 17.4. The molecule has 0 fully saturated rings. The van der Waals surface area contributed by atoms with E-state index in [0.29, 0.717) is 11.4 Å². The molecule has 0 spiro atoms. The van der Waals surface area contributed by atoms with Gasteiger partial charge in [0.15, 0.2) is 5.69 Å². The van der Waals surface area contributed by atoms with Crippen LogP contribution in [0.4, 0.5) is 11.4 Å². The van der Waals surface area contributed by atoms with Crippen LogP contribution in [0.25, 0.3) is 0 Å². The van der Waals surface area contributed by atoms with Gasteiger partial charge in [-0.25, -0.2) is 4.68 Å². The number of nitrogens with zero attached hydrogens (tertiary/aromatic N) is 3. The molecule has 2 aromatic carbocycles. The van der Waals surface area contributed by atoms with E-state index in [-0.39, 0.29) is 24.1 Å². The normalized spacial score (nSPS) is 10.6. The fourth-order valence-electron chi connectivity index (χ4n) is 2.89. The second-order valence-electron chi connectivity index (χ2n) is 6.43. The number of nitrogens with one attached hydrogen (secondary N) is 2. The summed E-state index contributed by atoms with van der Waals surface area (Å²) in [6, 6.07) is 15.2. The van der Waals surface area contributed by atoms with E-state index in [0.717, 1.165) is 22.6 Å². The summed E-state index contributed by atoms with van der Waals surface area (Å²) in [5.74, 6) is -0.581. The number of benzene rings is 2. The van der Waals surface area contributed by atoms with E-state index in [2.05, 4.69) is 20.9 Å². The van der Waals surface area contributed by atoms with Crippen molar-refractivity contribution < 1.29 is 9.59 Å². The minimum Gasteiger partial charge on any atom is -0.324 e. The third-order valence-electron chi connectivity index (χ3n) is 4.49. The van der Waals surface area contributed by atoms with E-state index in [1.54, 1.807) is 18.7 Å². The molecule has 1 heterocycles. The highest BCUT2D eigenvalue weighted by Gasteiger charge is 2.19. The second kappa shape index (κ2) is 9.38. The molecule has 3 aromatic rings. The number of carbonyl (C=O) groups is 2. The van der Waals surface area contributed by atoms with Crippen LogP contribution in [0.1, 0.15) is 28.7 Å². The Hall–Kier alpha value is -3.13. The number of hydrogen-bond donors (Lipinski definition) is 2. The maximum atomic E-state index is 12.6. The lowest BCUT2D eigenvalue weighted by Crippen LogP contribution is -2.21. The van der Waals surface area contributed by atoms with Crippen LogP contribution in [-0.2, 0) is 17.8 Å². The molecule has 0 atom stereocenters. The highest BCUT2D eigenvalue weighted by molar-refractivity contribution is 7.98. The predicted octanol–water partition coefficient (Wildman–Crippen LogP) is 3.76. The molecule has 1 aromatic heterocycles. The quantitative estimate of drug-likeness (QED) is 0.580. The van der Waals surface area contributed by atoms with Gasteiger partial charge in [-0.05, 0) is 49.4 Å². The van der Waals surface area contributed by atoms with Crippen molar-refractivity contribution >= 4 is 35.0 Å². The van der Waals surface area contributed by atoms with Crippen LogP contribution in [0.15, 0.2) is 53.4 Å². The Morgan fingerprint density at radius 3 is 2.66 bits per heavy atom. The number of rotatable bonds is 7. The third kappa shape index (κ3) is 5.03. The van der Waals surface area contributed by atoms with Crippen LogP contribution in [-0.4, -0.2) is 33.1 Å². The molecule has 7 nitrogen and oxygen atoms in total. The first-order valence-corrected chi connectivity index (χ1v) is 10.5. The van der Waals surface area contributed by atoms with Gasteiger partial charge in [-0.2, -0.15) is 0 Å². The number of para-hydroxylation sites is 1. The highest BCUT2D eigenvalue weighted by Crippen LogP contribution is 2.19. The lowest BCUT2D eigenvalue weighted by molar-refractivity contribution is -0.117. The first kappa shape index (κ1) is 20.6. The van der Waals surface area contributed by atoms with Crippen LogP contribution in [0.5, 0.6) is 0 Å². The van der Waals surface area contributed by atoms with Gasteiger partial charge in [0.2, 0.25) is 5.91 Å². The Morgan fingerprint density at radius 1 is 1.10 bits per heavy atom. The van der Waals surface area contributed by atoms with Crippen molar-refractivity contribution in [3.8, 4) is 0 Å². The van der Waals surface area contributed by atoms with Crippen molar-refractivity contribution in [1.29, 1.82) is 0 Å². The van der Waals surface area contributed by atoms with E-state index in [4.69, 9.17) is 0 Å². The molecule has 29 heavy (non-hydrogen) atoms. The molecule has 8 heteroatoms. The molecule has 150 valence electrons. The predicted molar refractivity (Wildman–Crippen MR) is 115 cm³/mol. The Bertz CT molecular complexity index is 1030. The maximum absolute atomic E-state index is 12.6. The van der Waals surface area contributed by atoms with Crippen LogP contribution in [0.2, 0.25) is 0 Å². The van der Waals surface area contributed by atoms with E-state index >= 15 is 0 Å². The molecule has 2 amide bonds. The van der Waals surface area contributed by atoms with Crippen molar-refractivity contribution in [2.75, 3.05) is 16.9 Å². The summed E-state index contributed by atoms with van der Waals surface area (Å²) in [5, 5.41) is 13.7. The average Bonchev–Trinajstić information content (AvgIpc) is 3.08. The molecular weight excluding hydrogens is 386 g/mol. The van der Waals surface area contributed by atoms with Gasteiger partial charge < -0.3 is 10.6 Å². The zero-order valence-electron chi connectivity index (χ0n) is 16.6. The van der Waals surface area contributed by atoms with E-state index in [1.165, 1.54) is 4.68 Å². The lowest BCUT2D eigenvalue weighted by atomic mass is 10.1. The summed E-state index contributed by atoms with van der Waals surface area (Å²) in [6.45, 7) is 3.73. The number of amides is 2. The minimum atomic E-state index is -0.345. The minimum absolute atomic E-state index is 0.0266. The molecule has 0 bridgehead atoms. The van der Waals surface area contributed by atoms with Crippen molar-refractivity contribution in [1.82, 2.24) is 15.0 Å². The van der Waals surface area contributed by atoms with Crippen molar-refractivity contribution in [3.63, 3.8) is 0 Å². The smallest absolute Gasteiger partial charge is 0.278 e. The van der Waals surface area contributed by atoms with Gasteiger partial charge in [0.05, 0.1) is 5.69 Å².